The van der Waals surface area contributed by atoms with Crippen molar-refractivity contribution in [1.29, 1.82) is 0 Å². The van der Waals surface area contributed by atoms with Gasteiger partial charge in [0, 0.05) is 32.8 Å². The molecule has 0 bridgehead atoms. The van der Waals surface area contributed by atoms with Crippen molar-refractivity contribution in [2.24, 2.45) is 0 Å². The number of ether oxygens (including phenoxy) is 2. The standard InChI is InChI=1S/C27H26ClNO4S/c1-5-22-19(16-34-25(22)23(6-2)27(31)32-7-3)15-33-24-14-21(12-11-17(24)4)29-26(30)18-9-8-10-20(28)13-18/h5-6,8-14,16H,1,7,15H2,2-4H3,(H,29,30)/b23-6+. The molecule has 0 spiro atoms. The lowest BCUT2D eigenvalue weighted by atomic mass is 10.1. The summed E-state index contributed by atoms with van der Waals surface area (Å²) in [6, 6.07) is 12.3. The lowest BCUT2D eigenvalue weighted by molar-refractivity contribution is -0.136. The van der Waals surface area contributed by atoms with Gasteiger partial charge in [0.25, 0.3) is 5.91 Å². The molecule has 0 aliphatic heterocycles. The highest BCUT2D eigenvalue weighted by atomic mass is 35.5. The molecule has 3 rings (SSSR count). The Morgan fingerprint density at radius 2 is 2.00 bits per heavy atom. The molecule has 0 saturated heterocycles. The van der Waals surface area contributed by atoms with Crippen LogP contribution in [-0.2, 0) is 16.1 Å². The fourth-order valence-corrected chi connectivity index (χ4v) is 4.63. The van der Waals surface area contributed by atoms with Crippen LogP contribution in [-0.4, -0.2) is 18.5 Å². The molecule has 5 nitrogen and oxygen atoms in total. The normalized spacial score (nSPS) is 11.1. The second kappa shape index (κ2) is 11.7. The summed E-state index contributed by atoms with van der Waals surface area (Å²) in [4.78, 5) is 25.7. The van der Waals surface area contributed by atoms with Crippen LogP contribution >= 0.6 is 22.9 Å². The van der Waals surface area contributed by atoms with E-state index in [9.17, 15) is 9.59 Å². The Morgan fingerprint density at radius 3 is 2.68 bits per heavy atom. The number of benzene rings is 2. The number of hydrogen-bond acceptors (Lipinski definition) is 5. The molecular weight excluding hydrogens is 470 g/mol. The van der Waals surface area contributed by atoms with E-state index in [0.29, 0.717) is 34.2 Å². The third-order valence-electron chi connectivity index (χ3n) is 5.06. The Bertz CT molecular complexity index is 1250. The first-order valence-electron chi connectivity index (χ1n) is 10.7. The summed E-state index contributed by atoms with van der Waals surface area (Å²) in [5.41, 5.74) is 4.27. The maximum absolute atomic E-state index is 12.6. The number of thiophene rings is 1. The maximum atomic E-state index is 12.6. The fraction of sp³-hybridized carbons (Fsp3) is 0.185. The molecule has 7 heteroatoms. The van der Waals surface area contributed by atoms with E-state index >= 15 is 0 Å². The number of aryl methyl sites for hydroxylation is 1. The van der Waals surface area contributed by atoms with Crippen LogP contribution in [0.5, 0.6) is 5.75 Å². The first kappa shape index (κ1) is 25.3. The number of allylic oxidation sites excluding steroid dienone is 1. The minimum atomic E-state index is -0.360. The van der Waals surface area contributed by atoms with Crippen LogP contribution in [0.25, 0.3) is 11.6 Å². The zero-order chi connectivity index (χ0) is 24.7. The summed E-state index contributed by atoms with van der Waals surface area (Å²) < 4.78 is 11.3. The molecule has 1 N–H and O–H groups in total. The van der Waals surface area contributed by atoms with E-state index in [1.165, 1.54) is 11.3 Å². The number of nitrogens with one attached hydrogen (secondary N) is 1. The number of anilines is 1. The van der Waals surface area contributed by atoms with Crippen molar-refractivity contribution in [3.63, 3.8) is 0 Å². The molecule has 34 heavy (non-hydrogen) atoms. The van der Waals surface area contributed by atoms with Gasteiger partial charge in [-0.05, 0) is 61.5 Å². The van der Waals surface area contributed by atoms with Gasteiger partial charge in [-0.15, -0.1) is 11.3 Å². The average Bonchev–Trinajstić information content (AvgIpc) is 3.22. The van der Waals surface area contributed by atoms with E-state index in [-0.39, 0.29) is 18.5 Å². The van der Waals surface area contributed by atoms with Gasteiger partial charge in [-0.3, -0.25) is 4.79 Å². The monoisotopic (exact) mass is 495 g/mol. The number of hydrogen-bond donors (Lipinski definition) is 1. The van der Waals surface area contributed by atoms with Gasteiger partial charge in [0.15, 0.2) is 0 Å². The number of amides is 1. The van der Waals surface area contributed by atoms with Crippen molar-refractivity contribution >= 4 is 52.2 Å². The van der Waals surface area contributed by atoms with Crippen LogP contribution in [0, 0.1) is 6.92 Å². The molecule has 0 atom stereocenters. The van der Waals surface area contributed by atoms with Gasteiger partial charge in [-0.1, -0.05) is 42.5 Å². The molecule has 1 aromatic heterocycles. The zero-order valence-corrected chi connectivity index (χ0v) is 20.9. The molecule has 0 fully saturated rings. The van der Waals surface area contributed by atoms with Gasteiger partial charge < -0.3 is 14.8 Å². The Balaban J connectivity index is 1.77. The lowest BCUT2D eigenvalue weighted by Crippen LogP contribution is -2.12. The lowest BCUT2D eigenvalue weighted by Gasteiger charge is -2.13. The molecule has 176 valence electrons. The smallest absolute Gasteiger partial charge is 0.339 e. The summed E-state index contributed by atoms with van der Waals surface area (Å²) in [6.45, 7) is 10.0. The average molecular weight is 496 g/mol. The van der Waals surface area contributed by atoms with Gasteiger partial charge in [0.05, 0.1) is 12.2 Å². The fourth-order valence-electron chi connectivity index (χ4n) is 3.32. The summed E-state index contributed by atoms with van der Waals surface area (Å²) in [5.74, 6) is 0.0243. The van der Waals surface area contributed by atoms with Crippen LogP contribution in [0.1, 0.15) is 45.8 Å². The molecule has 2 aromatic carbocycles. The van der Waals surface area contributed by atoms with Crippen LogP contribution in [0.15, 0.2) is 60.5 Å². The molecule has 0 aliphatic carbocycles. The molecule has 1 heterocycles. The SMILES string of the molecule is C=Cc1c(COc2cc(NC(=O)c3cccc(Cl)c3)ccc2C)csc1/C(=C\C)C(=O)OCC. The van der Waals surface area contributed by atoms with Crippen molar-refractivity contribution in [2.75, 3.05) is 11.9 Å². The summed E-state index contributed by atoms with van der Waals surface area (Å²) >= 11 is 7.44. The molecule has 0 saturated carbocycles. The predicted octanol–water partition coefficient (Wildman–Crippen LogP) is 7.15. The number of rotatable bonds is 9. The van der Waals surface area contributed by atoms with Gasteiger partial charge >= 0.3 is 5.97 Å². The van der Waals surface area contributed by atoms with E-state index in [2.05, 4.69) is 11.9 Å². The van der Waals surface area contributed by atoms with Gasteiger partial charge in [-0.2, -0.15) is 0 Å². The molecular formula is C27H26ClNO4S. The van der Waals surface area contributed by atoms with Crippen LogP contribution in [0.2, 0.25) is 5.02 Å². The molecule has 0 radical (unpaired) electrons. The number of esters is 1. The van der Waals surface area contributed by atoms with Gasteiger partial charge in [-0.25, -0.2) is 4.79 Å². The van der Waals surface area contributed by atoms with Crippen LogP contribution in [0.3, 0.4) is 0 Å². The van der Waals surface area contributed by atoms with E-state index in [1.54, 1.807) is 49.4 Å². The maximum Gasteiger partial charge on any atom is 0.339 e. The third kappa shape index (κ3) is 5.95. The minimum absolute atomic E-state index is 0.258. The predicted molar refractivity (Wildman–Crippen MR) is 140 cm³/mol. The zero-order valence-electron chi connectivity index (χ0n) is 19.3. The van der Waals surface area contributed by atoms with E-state index < -0.39 is 0 Å². The Kier molecular flexibility index (Phi) is 8.68. The molecule has 0 aliphatic rings. The summed E-state index contributed by atoms with van der Waals surface area (Å²) in [6.07, 6.45) is 3.47. The Morgan fingerprint density at radius 1 is 1.21 bits per heavy atom. The first-order chi connectivity index (χ1) is 16.4. The quantitative estimate of drug-likeness (QED) is 0.253. The van der Waals surface area contributed by atoms with Gasteiger partial charge in [0.2, 0.25) is 0 Å². The molecule has 3 aromatic rings. The van der Waals surface area contributed by atoms with Crippen molar-refractivity contribution < 1.29 is 19.1 Å². The largest absolute Gasteiger partial charge is 0.489 e. The Labute approximate surface area is 208 Å². The summed E-state index contributed by atoms with van der Waals surface area (Å²) in [7, 11) is 0. The van der Waals surface area contributed by atoms with E-state index in [1.807, 2.05) is 31.4 Å². The van der Waals surface area contributed by atoms with Crippen molar-refractivity contribution in [3.05, 3.63) is 92.7 Å². The van der Waals surface area contributed by atoms with E-state index in [0.717, 1.165) is 21.6 Å². The highest BCUT2D eigenvalue weighted by Gasteiger charge is 2.19. The topological polar surface area (TPSA) is 64.6 Å². The Hall–Kier alpha value is -3.35. The first-order valence-corrected chi connectivity index (χ1v) is 12.0. The second-order valence-electron chi connectivity index (χ2n) is 7.36. The second-order valence-corrected chi connectivity index (χ2v) is 8.68. The highest BCUT2D eigenvalue weighted by molar-refractivity contribution is 7.12. The number of carbonyl (C=O) groups is 2. The van der Waals surface area contributed by atoms with E-state index in [4.69, 9.17) is 21.1 Å². The molecule has 0 unspecified atom stereocenters. The van der Waals surface area contributed by atoms with Crippen LogP contribution in [0.4, 0.5) is 5.69 Å². The van der Waals surface area contributed by atoms with Gasteiger partial charge in [0.1, 0.15) is 12.4 Å². The third-order valence-corrected chi connectivity index (χ3v) is 6.37. The van der Waals surface area contributed by atoms with Crippen molar-refractivity contribution in [1.82, 2.24) is 0 Å². The van der Waals surface area contributed by atoms with Crippen molar-refractivity contribution in [3.8, 4) is 5.75 Å². The number of carbonyl (C=O) groups excluding carboxylic acids is 2. The highest BCUT2D eigenvalue weighted by Crippen LogP contribution is 2.33. The molecule has 1 amide bonds. The number of halogens is 1. The van der Waals surface area contributed by atoms with Crippen LogP contribution < -0.4 is 10.1 Å². The van der Waals surface area contributed by atoms with Crippen molar-refractivity contribution in [2.45, 2.75) is 27.4 Å². The summed E-state index contributed by atoms with van der Waals surface area (Å²) in [5, 5.41) is 5.33. The minimum Gasteiger partial charge on any atom is -0.489 e.